The van der Waals surface area contributed by atoms with Crippen molar-refractivity contribution >= 4 is 29.0 Å². The van der Waals surface area contributed by atoms with Crippen molar-refractivity contribution in [3.63, 3.8) is 0 Å². The Kier molecular flexibility index (Phi) is 6.06. The molecule has 1 N–H and O–H groups in total. The van der Waals surface area contributed by atoms with E-state index in [9.17, 15) is 9.59 Å². The minimum absolute atomic E-state index is 0.254. The fourth-order valence-electron chi connectivity index (χ4n) is 3.85. The van der Waals surface area contributed by atoms with Crippen molar-refractivity contribution in [1.29, 1.82) is 0 Å². The maximum atomic E-state index is 12.5. The fourth-order valence-corrected chi connectivity index (χ4v) is 3.85. The average molecular weight is 422 g/mol. The normalized spacial score (nSPS) is 15.0. The largest absolute Gasteiger partial charge is 0.467 e. The van der Waals surface area contributed by atoms with E-state index in [4.69, 9.17) is 4.98 Å². The van der Waals surface area contributed by atoms with E-state index in [0.717, 1.165) is 23.5 Å². The van der Waals surface area contributed by atoms with Gasteiger partial charge in [-0.1, -0.05) is 42.5 Å². The van der Waals surface area contributed by atoms with E-state index in [0.29, 0.717) is 26.2 Å². The van der Waals surface area contributed by atoms with Gasteiger partial charge < -0.3 is 24.4 Å². The number of fused-ring (bicyclic) bond motifs is 1. The molecule has 1 saturated heterocycles. The van der Waals surface area contributed by atoms with E-state index in [-0.39, 0.29) is 6.03 Å². The third-order valence-electron chi connectivity index (χ3n) is 5.56. The smallest absolute Gasteiger partial charge is 0.328 e. The quantitative estimate of drug-likeness (QED) is 0.641. The number of rotatable bonds is 5. The maximum Gasteiger partial charge on any atom is 0.328 e. The predicted octanol–water partition coefficient (Wildman–Crippen LogP) is 2.48. The molecular weight excluding hydrogens is 394 g/mol. The van der Waals surface area contributed by atoms with Gasteiger partial charge in [0.1, 0.15) is 6.04 Å². The lowest BCUT2D eigenvalue weighted by Crippen LogP contribution is -2.54. The molecule has 31 heavy (non-hydrogen) atoms. The van der Waals surface area contributed by atoms with Crippen LogP contribution in [-0.2, 0) is 16.1 Å². The molecule has 1 aliphatic rings. The molecule has 2 aromatic carbocycles. The molecule has 0 radical (unpaired) electrons. The molecule has 3 aromatic rings. The number of methoxy groups -OCH3 is 1. The molecule has 2 amide bonds. The average Bonchev–Trinajstić information content (AvgIpc) is 3.17. The molecule has 0 unspecified atom stereocenters. The zero-order chi connectivity index (χ0) is 21.8. The summed E-state index contributed by atoms with van der Waals surface area (Å²) < 4.78 is 6.91. The van der Waals surface area contributed by atoms with Gasteiger partial charge in [-0.3, -0.25) is 0 Å². The molecule has 1 aromatic heterocycles. The van der Waals surface area contributed by atoms with Gasteiger partial charge in [0.15, 0.2) is 0 Å². The summed E-state index contributed by atoms with van der Waals surface area (Å²) >= 11 is 0. The molecule has 1 aliphatic heterocycles. The summed E-state index contributed by atoms with van der Waals surface area (Å²) in [7, 11) is 1.31. The SMILES string of the molecule is COC(=O)[C@@H](C)NC(=O)N1CCN(c2nc3ccccc3n2Cc2ccccc2)CC1. The van der Waals surface area contributed by atoms with Crippen molar-refractivity contribution in [1.82, 2.24) is 19.8 Å². The number of carbonyl (C=O) groups excluding carboxylic acids is 2. The molecule has 2 heterocycles. The molecule has 162 valence electrons. The van der Waals surface area contributed by atoms with Gasteiger partial charge in [-0.15, -0.1) is 0 Å². The molecule has 1 fully saturated rings. The number of imidazole rings is 1. The van der Waals surface area contributed by atoms with Crippen molar-refractivity contribution in [2.24, 2.45) is 0 Å². The summed E-state index contributed by atoms with van der Waals surface area (Å²) in [5.41, 5.74) is 3.26. The van der Waals surface area contributed by atoms with Gasteiger partial charge in [-0.05, 0) is 24.6 Å². The first-order valence-electron chi connectivity index (χ1n) is 10.4. The Labute approximate surface area is 181 Å². The van der Waals surface area contributed by atoms with Crippen LogP contribution in [0, 0.1) is 0 Å². The zero-order valence-electron chi connectivity index (χ0n) is 17.8. The number of hydrogen-bond donors (Lipinski definition) is 1. The van der Waals surface area contributed by atoms with Crippen LogP contribution in [0.3, 0.4) is 0 Å². The molecular formula is C23H27N5O3. The number of carbonyl (C=O) groups is 2. The maximum absolute atomic E-state index is 12.5. The van der Waals surface area contributed by atoms with Gasteiger partial charge in [0, 0.05) is 26.2 Å². The van der Waals surface area contributed by atoms with Crippen LogP contribution in [0.4, 0.5) is 10.7 Å². The van der Waals surface area contributed by atoms with E-state index in [1.165, 1.54) is 12.7 Å². The Morgan fingerprint density at radius 1 is 1.03 bits per heavy atom. The number of amides is 2. The van der Waals surface area contributed by atoms with E-state index < -0.39 is 12.0 Å². The fraction of sp³-hybridized carbons (Fsp3) is 0.348. The highest BCUT2D eigenvalue weighted by molar-refractivity contribution is 5.83. The summed E-state index contributed by atoms with van der Waals surface area (Å²) in [5, 5.41) is 2.69. The number of piperazine rings is 1. The number of urea groups is 1. The van der Waals surface area contributed by atoms with Crippen LogP contribution in [0.1, 0.15) is 12.5 Å². The second-order valence-corrected chi connectivity index (χ2v) is 7.64. The standard InChI is InChI=1S/C23H27N5O3/c1-17(21(29)31-2)24-23(30)27-14-12-26(13-15-27)22-25-19-10-6-7-11-20(19)28(22)16-18-8-4-3-5-9-18/h3-11,17H,12-16H2,1-2H3,(H,24,30)/t17-/m1/s1. The number of benzene rings is 2. The van der Waals surface area contributed by atoms with Crippen LogP contribution in [0.15, 0.2) is 54.6 Å². The van der Waals surface area contributed by atoms with Gasteiger partial charge >= 0.3 is 12.0 Å². The number of anilines is 1. The summed E-state index contributed by atoms with van der Waals surface area (Å²) in [5.74, 6) is 0.453. The molecule has 8 heteroatoms. The number of hydrogen-bond acceptors (Lipinski definition) is 5. The van der Waals surface area contributed by atoms with Gasteiger partial charge in [0.2, 0.25) is 5.95 Å². The summed E-state index contributed by atoms with van der Waals surface area (Å²) in [6.45, 7) is 4.78. The second kappa shape index (κ2) is 9.07. The molecule has 0 spiro atoms. The lowest BCUT2D eigenvalue weighted by Gasteiger charge is -2.35. The first-order chi connectivity index (χ1) is 15.1. The molecule has 1 atom stereocenters. The lowest BCUT2D eigenvalue weighted by atomic mass is 10.2. The number of esters is 1. The van der Waals surface area contributed by atoms with Gasteiger partial charge in [-0.2, -0.15) is 0 Å². The van der Waals surface area contributed by atoms with E-state index in [2.05, 4.69) is 37.7 Å². The first kappa shape index (κ1) is 20.7. The predicted molar refractivity (Wildman–Crippen MR) is 119 cm³/mol. The topological polar surface area (TPSA) is 79.7 Å². The highest BCUT2D eigenvalue weighted by Crippen LogP contribution is 2.25. The van der Waals surface area contributed by atoms with E-state index >= 15 is 0 Å². The van der Waals surface area contributed by atoms with Gasteiger partial charge in [-0.25, -0.2) is 14.6 Å². The van der Waals surface area contributed by atoms with Crippen LogP contribution in [0.25, 0.3) is 11.0 Å². The zero-order valence-corrected chi connectivity index (χ0v) is 17.8. The Morgan fingerprint density at radius 2 is 1.71 bits per heavy atom. The molecule has 0 saturated carbocycles. The Hall–Kier alpha value is -3.55. The summed E-state index contributed by atoms with van der Waals surface area (Å²) in [4.78, 5) is 32.9. The minimum atomic E-state index is -0.675. The van der Waals surface area contributed by atoms with Crippen molar-refractivity contribution < 1.29 is 14.3 Å². The third kappa shape index (κ3) is 4.47. The molecule has 4 rings (SSSR count). The summed E-state index contributed by atoms with van der Waals surface area (Å²) in [6, 6.07) is 17.5. The van der Waals surface area contributed by atoms with Crippen molar-refractivity contribution in [3.05, 3.63) is 60.2 Å². The highest BCUT2D eigenvalue weighted by atomic mass is 16.5. The third-order valence-corrected chi connectivity index (χ3v) is 5.56. The number of aromatic nitrogens is 2. The van der Waals surface area contributed by atoms with Crippen molar-refractivity contribution in [2.75, 3.05) is 38.2 Å². The number of nitrogens with one attached hydrogen (secondary N) is 1. The highest BCUT2D eigenvalue weighted by Gasteiger charge is 2.26. The first-order valence-corrected chi connectivity index (χ1v) is 10.4. The Balaban J connectivity index is 1.49. The van der Waals surface area contributed by atoms with Gasteiger partial charge in [0.25, 0.3) is 0 Å². The van der Waals surface area contributed by atoms with Crippen LogP contribution in [0.5, 0.6) is 0 Å². The minimum Gasteiger partial charge on any atom is -0.467 e. The van der Waals surface area contributed by atoms with E-state index in [1.54, 1.807) is 11.8 Å². The van der Waals surface area contributed by atoms with Crippen molar-refractivity contribution in [3.8, 4) is 0 Å². The monoisotopic (exact) mass is 421 g/mol. The second-order valence-electron chi connectivity index (χ2n) is 7.64. The van der Waals surface area contributed by atoms with Crippen LogP contribution in [-0.4, -0.2) is 65.8 Å². The number of ether oxygens (including phenoxy) is 1. The number of nitrogens with zero attached hydrogens (tertiary/aromatic N) is 4. The Morgan fingerprint density at radius 3 is 2.42 bits per heavy atom. The Bertz CT molecular complexity index is 1060. The van der Waals surface area contributed by atoms with Gasteiger partial charge in [0.05, 0.1) is 24.7 Å². The summed E-state index contributed by atoms with van der Waals surface area (Å²) in [6.07, 6.45) is 0. The van der Waals surface area contributed by atoms with Crippen LogP contribution >= 0.6 is 0 Å². The number of para-hydroxylation sites is 2. The van der Waals surface area contributed by atoms with Crippen molar-refractivity contribution in [2.45, 2.75) is 19.5 Å². The van der Waals surface area contributed by atoms with E-state index in [1.807, 2.05) is 36.4 Å². The molecule has 0 bridgehead atoms. The molecule has 0 aliphatic carbocycles. The lowest BCUT2D eigenvalue weighted by molar-refractivity contribution is -0.142. The van der Waals surface area contributed by atoms with Crippen LogP contribution < -0.4 is 10.2 Å². The van der Waals surface area contributed by atoms with Crippen LogP contribution in [0.2, 0.25) is 0 Å². The molecule has 8 nitrogen and oxygen atoms in total.